The summed E-state index contributed by atoms with van der Waals surface area (Å²) in [6.45, 7) is -2.07. The van der Waals surface area contributed by atoms with Crippen molar-refractivity contribution in [1.29, 1.82) is 0 Å². The van der Waals surface area contributed by atoms with Crippen LogP contribution in [0.4, 0.5) is 22.0 Å². The minimum Gasteiger partial charge on any atom is -0.301 e. The van der Waals surface area contributed by atoms with Crippen LogP contribution in [0.25, 0.3) is 0 Å². The molecule has 0 amide bonds. The van der Waals surface area contributed by atoms with E-state index in [0.29, 0.717) is 13.0 Å². The minimum atomic E-state index is -4.28. The number of nitrogens with zero attached hydrogens (tertiary/aromatic N) is 2. The molecule has 1 saturated carbocycles. The van der Waals surface area contributed by atoms with Gasteiger partial charge in [0.15, 0.2) is 0 Å². The summed E-state index contributed by atoms with van der Waals surface area (Å²) in [5, 5.41) is 4.50. The van der Waals surface area contributed by atoms with Gasteiger partial charge in [-0.2, -0.15) is 27.0 Å². The smallest absolute Gasteiger partial charge is 0.301 e. The lowest BCUT2D eigenvalue weighted by atomic mass is 9.82. The quantitative estimate of drug-likeness (QED) is 0.341. The first-order chi connectivity index (χ1) is 14.6. The molecule has 6 unspecified atom stereocenters. The van der Waals surface area contributed by atoms with Gasteiger partial charge in [-0.1, -0.05) is 6.42 Å². The highest BCUT2D eigenvalue weighted by atomic mass is 32.2. The Morgan fingerprint density at radius 2 is 1.84 bits per heavy atom. The SMILES string of the molecule is O=S(=O)(NC1CCCC2CNN(C(F)F)C21)C1CNN(C2CC(C(F)(F)F)CCN2)C1. The van der Waals surface area contributed by atoms with E-state index < -0.39 is 52.2 Å². The fourth-order valence-corrected chi connectivity index (χ4v) is 6.84. The fraction of sp³-hybridized carbons (Fsp3) is 1.00. The van der Waals surface area contributed by atoms with E-state index in [1.807, 2.05) is 0 Å². The summed E-state index contributed by atoms with van der Waals surface area (Å²) in [5.41, 5.74) is 5.58. The van der Waals surface area contributed by atoms with Gasteiger partial charge in [-0.05, 0) is 38.1 Å². The molecule has 1 aliphatic carbocycles. The molecule has 4 fully saturated rings. The van der Waals surface area contributed by atoms with Gasteiger partial charge in [0, 0.05) is 25.7 Å². The molecule has 3 heterocycles. The van der Waals surface area contributed by atoms with Gasteiger partial charge in [0.1, 0.15) is 5.25 Å². The first-order valence-corrected chi connectivity index (χ1v) is 12.2. The molecule has 0 aromatic carbocycles. The third kappa shape index (κ3) is 4.99. The predicted molar refractivity (Wildman–Crippen MR) is 102 cm³/mol. The number of hydrogen-bond acceptors (Lipinski definition) is 7. The van der Waals surface area contributed by atoms with Crippen LogP contribution >= 0.6 is 0 Å². The van der Waals surface area contributed by atoms with Crippen LogP contribution in [0.15, 0.2) is 0 Å². The van der Waals surface area contributed by atoms with Crippen LogP contribution in [0.5, 0.6) is 0 Å². The van der Waals surface area contributed by atoms with Gasteiger partial charge in [0.2, 0.25) is 10.0 Å². The third-order valence-corrected chi connectivity index (χ3v) is 8.77. The Morgan fingerprint density at radius 3 is 2.55 bits per heavy atom. The molecule has 0 spiro atoms. The van der Waals surface area contributed by atoms with Gasteiger partial charge in [-0.3, -0.25) is 5.43 Å². The molecule has 0 radical (unpaired) electrons. The van der Waals surface area contributed by atoms with Crippen LogP contribution < -0.4 is 20.9 Å². The van der Waals surface area contributed by atoms with Crippen molar-refractivity contribution >= 4 is 10.0 Å². The lowest BCUT2D eigenvalue weighted by Gasteiger charge is -2.38. The molecule has 3 aliphatic heterocycles. The number of hydrogen-bond donors (Lipinski definition) is 4. The van der Waals surface area contributed by atoms with Gasteiger partial charge >= 0.3 is 12.7 Å². The largest absolute Gasteiger partial charge is 0.391 e. The molecular weight excluding hydrogens is 447 g/mol. The molecule has 4 rings (SSSR count). The van der Waals surface area contributed by atoms with Crippen molar-refractivity contribution < 1.29 is 30.4 Å². The summed E-state index contributed by atoms with van der Waals surface area (Å²) in [4.78, 5) is 0. The molecular formula is C17H29F5N6O2S. The van der Waals surface area contributed by atoms with E-state index in [0.717, 1.165) is 17.9 Å². The van der Waals surface area contributed by atoms with E-state index in [1.54, 1.807) is 0 Å². The second-order valence-corrected chi connectivity index (χ2v) is 10.9. The Balaban J connectivity index is 1.38. The Morgan fingerprint density at radius 1 is 1.06 bits per heavy atom. The van der Waals surface area contributed by atoms with Crippen LogP contribution in [0.2, 0.25) is 0 Å². The number of sulfonamides is 1. The highest BCUT2D eigenvalue weighted by Gasteiger charge is 2.48. The molecule has 4 N–H and O–H groups in total. The van der Waals surface area contributed by atoms with Crippen molar-refractivity contribution in [3.05, 3.63) is 0 Å². The maximum Gasteiger partial charge on any atom is 0.391 e. The van der Waals surface area contributed by atoms with Gasteiger partial charge in [-0.15, -0.1) is 0 Å². The normalized spacial score (nSPS) is 38.6. The lowest BCUT2D eigenvalue weighted by molar-refractivity contribution is -0.187. The Labute approximate surface area is 178 Å². The van der Waals surface area contributed by atoms with Crippen LogP contribution in [0, 0.1) is 11.8 Å². The van der Waals surface area contributed by atoms with Gasteiger partial charge in [0.05, 0.1) is 18.1 Å². The number of alkyl halides is 5. The maximum absolute atomic E-state index is 13.4. The molecule has 0 aromatic rings. The van der Waals surface area contributed by atoms with E-state index in [9.17, 15) is 30.4 Å². The Kier molecular flexibility index (Phi) is 6.79. The second kappa shape index (κ2) is 8.95. The number of piperidine rings is 1. The lowest BCUT2D eigenvalue weighted by Crippen LogP contribution is -2.57. The fourth-order valence-electron chi connectivity index (χ4n) is 5.32. The monoisotopic (exact) mass is 476 g/mol. The van der Waals surface area contributed by atoms with Crippen molar-refractivity contribution in [2.45, 2.75) is 68.3 Å². The summed E-state index contributed by atoms with van der Waals surface area (Å²) < 4.78 is 94.7. The van der Waals surface area contributed by atoms with Gasteiger partial charge in [-0.25, -0.2) is 23.6 Å². The summed E-state index contributed by atoms with van der Waals surface area (Å²) in [6, 6.07) is -1.26. The van der Waals surface area contributed by atoms with Gasteiger partial charge < -0.3 is 5.32 Å². The average molecular weight is 477 g/mol. The minimum absolute atomic E-state index is 0.00394. The maximum atomic E-state index is 13.4. The van der Waals surface area contributed by atoms with Crippen LogP contribution in [0.3, 0.4) is 0 Å². The molecule has 4 aliphatic rings. The first-order valence-electron chi connectivity index (χ1n) is 10.7. The molecule has 0 aromatic heterocycles. The zero-order valence-corrected chi connectivity index (χ0v) is 17.7. The number of rotatable bonds is 5. The van der Waals surface area contributed by atoms with E-state index in [1.165, 1.54) is 5.01 Å². The van der Waals surface area contributed by atoms with E-state index in [2.05, 4.69) is 20.9 Å². The third-order valence-electron chi connectivity index (χ3n) is 6.95. The van der Waals surface area contributed by atoms with Crippen molar-refractivity contribution in [3.8, 4) is 0 Å². The topological polar surface area (TPSA) is 88.7 Å². The van der Waals surface area contributed by atoms with Crippen LogP contribution in [-0.2, 0) is 10.0 Å². The molecule has 14 heteroatoms. The first kappa shape index (κ1) is 23.5. The molecule has 31 heavy (non-hydrogen) atoms. The van der Waals surface area contributed by atoms with E-state index in [-0.39, 0.29) is 38.4 Å². The van der Waals surface area contributed by atoms with Crippen molar-refractivity contribution in [3.63, 3.8) is 0 Å². The summed E-state index contributed by atoms with van der Waals surface area (Å²) in [7, 11) is -3.86. The molecule has 8 nitrogen and oxygen atoms in total. The highest BCUT2D eigenvalue weighted by Crippen LogP contribution is 2.36. The molecule has 3 saturated heterocycles. The number of hydrazine groups is 2. The standard InChI is InChI=1S/C17H29F5N6O2S/c18-16(19)28-15-10(7-25-28)2-1-3-13(15)26-31(29,30)12-8-24-27(9-12)14-6-11(4-5-23-14)17(20,21)22/h10-16,23-26H,1-9H2. The number of nitrogens with one attached hydrogen (secondary N) is 4. The van der Waals surface area contributed by atoms with Crippen molar-refractivity contribution in [2.75, 3.05) is 26.2 Å². The summed E-state index contributed by atoms with van der Waals surface area (Å²) >= 11 is 0. The summed E-state index contributed by atoms with van der Waals surface area (Å²) in [5.74, 6) is -1.48. The number of fused-ring (bicyclic) bond motifs is 1. The zero-order chi connectivity index (χ0) is 22.4. The summed E-state index contributed by atoms with van der Waals surface area (Å²) in [6.07, 6.45) is -3.09. The van der Waals surface area contributed by atoms with E-state index in [4.69, 9.17) is 0 Å². The molecule has 180 valence electrons. The highest BCUT2D eigenvalue weighted by molar-refractivity contribution is 7.90. The van der Waals surface area contributed by atoms with E-state index >= 15 is 0 Å². The Hall–Kier alpha value is -0.640. The second-order valence-electron chi connectivity index (χ2n) is 8.87. The predicted octanol–water partition coefficient (Wildman–Crippen LogP) is 0.563. The van der Waals surface area contributed by atoms with Gasteiger partial charge in [0.25, 0.3) is 0 Å². The average Bonchev–Trinajstić information content (AvgIpc) is 3.36. The number of halogens is 5. The molecule has 6 atom stereocenters. The zero-order valence-electron chi connectivity index (χ0n) is 16.9. The van der Waals surface area contributed by atoms with Crippen molar-refractivity contribution in [2.24, 2.45) is 11.8 Å². The van der Waals surface area contributed by atoms with Crippen LogP contribution in [-0.4, -0.2) is 80.8 Å². The Bertz CT molecular complexity index is 741. The molecule has 0 bridgehead atoms. The van der Waals surface area contributed by atoms with Crippen LogP contribution in [0.1, 0.15) is 32.1 Å². The van der Waals surface area contributed by atoms with Crippen molar-refractivity contribution in [1.82, 2.24) is 30.9 Å².